The average molecular weight is 550 g/mol. The molecule has 2 fully saturated rings. The summed E-state index contributed by atoms with van der Waals surface area (Å²) in [7, 11) is 0. The van der Waals surface area contributed by atoms with Gasteiger partial charge in [0, 0.05) is 41.3 Å². The van der Waals surface area contributed by atoms with Crippen LogP contribution < -0.4 is 22.5 Å². The second-order valence-electron chi connectivity index (χ2n) is 8.96. The second kappa shape index (κ2) is 11.3. The minimum absolute atomic E-state index is 0.0283. The van der Waals surface area contributed by atoms with Gasteiger partial charge in [0.1, 0.15) is 24.6 Å². The minimum Gasteiger partial charge on any atom is -0.393 e. The summed E-state index contributed by atoms with van der Waals surface area (Å²) in [5, 5.41) is 50.3. The van der Waals surface area contributed by atoms with E-state index in [2.05, 4.69) is 20.0 Å². The Morgan fingerprint density at radius 3 is 1.90 bits per heavy atom. The molecule has 39 heavy (non-hydrogen) atoms. The van der Waals surface area contributed by atoms with Crippen molar-refractivity contribution >= 4 is 0 Å². The van der Waals surface area contributed by atoms with Gasteiger partial charge in [-0.1, -0.05) is 5.11 Å². The van der Waals surface area contributed by atoms with E-state index in [9.17, 15) is 34.5 Å². The molecule has 0 aromatic carbocycles. The quantitative estimate of drug-likeness (QED) is 0.128. The molecular formula is C21H26N8O10. The molecule has 2 aromatic heterocycles. The number of hydrogen-bond acceptors (Lipinski definition) is 12. The molecule has 0 aliphatic carbocycles. The first-order valence-electron chi connectivity index (χ1n) is 11.4. The number of ether oxygens (including phenoxy) is 2. The SMILES string of the molecule is Cc1cn([C@H]2C[C@H](O)[C@@](C#N)(CO)O2)c(=O)[nH]c1=O.Cc1cn([C@H]2C[C@H](O)[C@](CO)(N=[N+]=[N-])O2)c(=O)[nH]c1=O. The summed E-state index contributed by atoms with van der Waals surface area (Å²) in [6.07, 6.45) is -1.87. The first-order valence-corrected chi connectivity index (χ1v) is 11.4. The van der Waals surface area contributed by atoms with E-state index in [1.165, 1.54) is 26.2 Å². The lowest BCUT2D eigenvalue weighted by atomic mass is 10.00. The van der Waals surface area contributed by atoms with Gasteiger partial charge in [-0.15, -0.1) is 0 Å². The predicted molar refractivity (Wildman–Crippen MR) is 128 cm³/mol. The van der Waals surface area contributed by atoms with E-state index in [0.29, 0.717) is 5.56 Å². The van der Waals surface area contributed by atoms with Crippen LogP contribution in [0, 0.1) is 25.2 Å². The van der Waals surface area contributed by atoms with Crippen LogP contribution >= 0.6 is 0 Å². The summed E-state index contributed by atoms with van der Waals surface area (Å²) in [6, 6.07) is 1.71. The highest BCUT2D eigenvalue weighted by Crippen LogP contribution is 2.37. The Bertz CT molecular complexity index is 1550. The number of hydrogen-bond donors (Lipinski definition) is 6. The monoisotopic (exact) mass is 550 g/mol. The van der Waals surface area contributed by atoms with Gasteiger partial charge in [-0.3, -0.25) is 28.7 Å². The molecule has 2 saturated heterocycles. The van der Waals surface area contributed by atoms with Crippen molar-refractivity contribution in [2.24, 2.45) is 5.11 Å². The number of nitrogens with zero attached hydrogens (tertiary/aromatic N) is 6. The molecule has 0 amide bonds. The first kappa shape index (κ1) is 29.5. The number of aromatic nitrogens is 4. The van der Waals surface area contributed by atoms with Crippen LogP contribution in [0.3, 0.4) is 0 Å². The summed E-state index contributed by atoms with van der Waals surface area (Å²) in [5.41, 5.74) is 3.05. The topological polar surface area (TPSA) is 282 Å². The van der Waals surface area contributed by atoms with Gasteiger partial charge in [-0.25, -0.2) is 9.59 Å². The third kappa shape index (κ3) is 5.55. The van der Waals surface area contributed by atoms with Crippen LogP contribution in [-0.4, -0.2) is 76.3 Å². The fourth-order valence-electron chi connectivity index (χ4n) is 4.05. The molecule has 4 rings (SSSR count). The van der Waals surface area contributed by atoms with E-state index >= 15 is 0 Å². The highest BCUT2D eigenvalue weighted by Gasteiger charge is 2.50. The van der Waals surface area contributed by atoms with E-state index in [4.69, 9.17) is 25.4 Å². The van der Waals surface area contributed by atoms with Gasteiger partial charge in [0.2, 0.25) is 5.60 Å². The fourth-order valence-corrected chi connectivity index (χ4v) is 4.05. The third-order valence-electron chi connectivity index (χ3n) is 6.37. The number of nitrogens with one attached hydrogen (secondary N) is 2. The Balaban J connectivity index is 0.000000216. The first-order chi connectivity index (χ1) is 18.4. The lowest BCUT2D eigenvalue weighted by Crippen LogP contribution is -2.41. The molecule has 0 saturated carbocycles. The molecule has 18 heteroatoms. The summed E-state index contributed by atoms with van der Waals surface area (Å²) in [6.45, 7) is 1.61. The Hall–Kier alpha value is -4.08. The standard InChI is InChI=1S/C11H13N3O5.C10H13N5O5/c1-6-3-14(10(18)13-9(6)17)8-2-7(16)11(4-12,5-15)19-8;1-5-3-15(9(19)12-8(5)18)7-2-6(17)10(4-16,20-7)13-14-11/h3,7-8,15-16H,2,5H2,1H3,(H,13,17,18);3,6-7,16-17H,2,4H2,1H3,(H,12,18,19)/t7-,8+,11+;6-,7+,10+/m00/s1. The van der Waals surface area contributed by atoms with Crippen LogP contribution in [0.25, 0.3) is 10.4 Å². The van der Waals surface area contributed by atoms with Crippen LogP contribution in [0.1, 0.15) is 36.4 Å². The van der Waals surface area contributed by atoms with Crippen molar-refractivity contribution in [3.63, 3.8) is 0 Å². The molecule has 210 valence electrons. The third-order valence-corrected chi connectivity index (χ3v) is 6.37. The molecule has 4 heterocycles. The molecule has 2 aromatic rings. The average Bonchev–Trinajstić information content (AvgIpc) is 3.41. The van der Waals surface area contributed by atoms with Crippen molar-refractivity contribution in [2.75, 3.05) is 13.2 Å². The van der Waals surface area contributed by atoms with Crippen LogP contribution in [-0.2, 0) is 9.47 Å². The Labute approximate surface area is 217 Å². The molecule has 0 radical (unpaired) electrons. The van der Waals surface area contributed by atoms with Gasteiger partial charge in [0.15, 0.2) is 5.72 Å². The van der Waals surface area contributed by atoms with E-state index in [1.54, 1.807) is 6.07 Å². The van der Waals surface area contributed by atoms with Gasteiger partial charge < -0.3 is 29.9 Å². The van der Waals surface area contributed by atoms with Crippen LogP contribution in [0.4, 0.5) is 0 Å². The largest absolute Gasteiger partial charge is 0.393 e. The number of aliphatic hydroxyl groups excluding tert-OH is 4. The van der Waals surface area contributed by atoms with Crippen molar-refractivity contribution in [2.45, 2.75) is 62.7 Å². The molecule has 2 aliphatic rings. The van der Waals surface area contributed by atoms with E-state index in [0.717, 1.165) is 9.13 Å². The zero-order chi connectivity index (χ0) is 29.1. The molecular weight excluding hydrogens is 524 g/mol. The second-order valence-corrected chi connectivity index (χ2v) is 8.96. The molecule has 6 N–H and O–H groups in total. The highest BCUT2D eigenvalue weighted by atomic mass is 16.6. The van der Waals surface area contributed by atoms with E-state index in [-0.39, 0.29) is 18.4 Å². The van der Waals surface area contributed by atoms with Crippen molar-refractivity contribution < 1.29 is 29.9 Å². The summed E-state index contributed by atoms with van der Waals surface area (Å²) in [5.74, 6) is 0. The van der Waals surface area contributed by atoms with Gasteiger partial charge in [0.25, 0.3) is 11.1 Å². The number of aryl methyl sites for hydroxylation is 2. The molecule has 0 bridgehead atoms. The molecule has 2 aliphatic heterocycles. The zero-order valence-electron chi connectivity index (χ0n) is 20.7. The Morgan fingerprint density at radius 1 is 1.00 bits per heavy atom. The van der Waals surface area contributed by atoms with Gasteiger partial charge >= 0.3 is 11.4 Å². The van der Waals surface area contributed by atoms with Crippen LogP contribution in [0.5, 0.6) is 0 Å². The summed E-state index contributed by atoms with van der Waals surface area (Å²) >= 11 is 0. The number of aromatic amines is 2. The fraction of sp³-hybridized carbons (Fsp3) is 0.571. The maximum Gasteiger partial charge on any atom is 0.330 e. The lowest BCUT2D eigenvalue weighted by molar-refractivity contribution is -0.124. The van der Waals surface area contributed by atoms with E-state index in [1.807, 2.05) is 0 Å². The normalized spacial score (nSPS) is 29.7. The summed E-state index contributed by atoms with van der Waals surface area (Å²) in [4.78, 5) is 52.7. The van der Waals surface area contributed by atoms with E-state index < -0.39 is 71.7 Å². The van der Waals surface area contributed by atoms with Gasteiger partial charge in [-0.2, -0.15) is 5.26 Å². The van der Waals surface area contributed by atoms with Crippen molar-refractivity contribution in [1.29, 1.82) is 5.26 Å². The highest BCUT2D eigenvalue weighted by molar-refractivity contribution is 5.12. The van der Waals surface area contributed by atoms with Crippen LogP contribution in [0.2, 0.25) is 0 Å². The number of azide groups is 1. The van der Waals surface area contributed by atoms with Crippen molar-refractivity contribution in [3.05, 3.63) is 75.6 Å². The zero-order valence-corrected chi connectivity index (χ0v) is 20.7. The predicted octanol–water partition coefficient (Wildman–Crippen LogP) is -2.50. The van der Waals surface area contributed by atoms with Gasteiger partial charge in [-0.05, 0) is 19.4 Å². The minimum atomic E-state index is -1.83. The van der Waals surface area contributed by atoms with Crippen molar-refractivity contribution in [3.8, 4) is 6.07 Å². The number of nitriles is 1. The Morgan fingerprint density at radius 2 is 1.49 bits per heavy atom. The number of H-pyrrole nitrogens is 2. The maximum atomic E-state index is 11.7. The summed E-state index contributed by atoms with van der Waals surface area (Å²) < 4.78 is 12.8. The lowest BCUT2D eigenvalue weighted by Gasteiger charge is -2.24. The molecule has 0 spiro atoms. The maximum absolute atomic E-state index is 11.7. The Kier molecular flexibility index (Phi) is 8.58. The molecule has 0 unspecified atom stereocenters. The molecule has 18 nitrogen and oxygen atoms in total. The van der Waals surface area contributed by atoms with Gasteiger partial charge in [0.05, 0.1) is 19.3 Å². The van der Waals surface area contributed by atoms with Crippen molar-refractivity contribution in [1.82, 2.24) is 19.1 Å². The molecule has 6 atom stereocenters. The van der Waals surface area contributed by atoms with Crippen LogP contribution in [0.15, 0.2) is 36.7 Å². The number of rotatable bonds is 5. The smallest absolute Gasteiger partial charge is 0.330 e. The number of aliphatic hydroxyl groups is 4.